The molecule has 2 aromatic rings. The quantitative estimate of drug-likeness (QED) is 0.533. The molecule has 0 bridgehead atoms. The van der Waals surface area contributed by atoms with Gasteiger partial charge in [0.1, 0.15) is 5.01 Å². The van der Waals surface area contributed by atoms with E-state index in [1.54, 1.807) is 30.5 Å². The van der Waals surface area contributed by atoms with E-state index in [0.29, 0.717) is 18.3 Å². The lowest BCUT2D eigenvalue weighted by molar-refractivity contribution is 0.198. The smallest absolute Gasteiger partial charge is 0.191 e. The lowest BCUT2D eigenvalue weighted by atomic mass is 10.0. The third kappa shape index (κ3) is 6.14. The van der Waals surface area contributed by atoms with Crippen molar-refractivity contribution in [2.24, 2.45) is 4.99 Å². The van der Waals surface area contributed by atoms with E-state index in [1.807, 2.05) is 12.3 Å². The van der Waals surface area contributed by atoms with Crippen molar-refractivity contribution >= 4 is 17.3 Å². The van der Waals surface area contributed by atoms with Crippen molar-refractivity contribution in [2.45, 2.75) is 45.3 Å². The number of nitrogens with one attached hydrogen (secondary N) is 2. The molecule has 1 fully saturated rings. The number of rotatable bonds is 7. The van der Waals surface area contributed by atoms with Crippen LogP contribution in [0.25, 0.3) is 0 Å². The van der Waals surface area contributed by atoms with Gasteiger partial charge in [0.25, 0.3) is 0 Å². The number of halogens is 1. The van der Waals surface area contributed by atoms with E-state index in [4.69, 9.17) is 4.74 Å². The highest BCUT2D eigenvalue weighted by Crippen LogP contribution is 2.20. The van der Waals surface area contributed by atoms with Gasteiger partial charge in [0.15, 0.2) is 17.5 Å². The molecule has 0 amide bonds. The summed E-state index contributed by atoms with van der Waals surface area (Å²) in [6.07, 6.45) is 5.02. The van der Waals surface area contributed by atoms with Crippen LogP contribution in [0.15, 0.2) is 29.4 Å². The second-order valence-corrected chi connectivity index (χ2v) is 8.36. The molecule has 1 aliphatic rings. The molecular formula is C21H30FN5OS. The summed E-state index contributed by atoms with van der Waals surface area (Å²) in [4.78, 5) is 12.4. The largest absolute Gasteiger partial charge is 0.494 e. The Kier molecular flexibility index (Phi) is 7.83. The van der Waals surface area contributed by atoms with Crippen molar-refractivity contribution in [3.63, 3.8) is 0 Å². The van der Waals surface area contributed by atoms with Crippen LogP contribution in [0.1, 0.15) is 35.2 Å². The molecule has 0 aliphatic carbocycles. The van der Waals surface area contributed by atoms with Crippen LogP contribution in [0.3, 0.4) is 0 Å². The van der Waals surface area contributed by atoms with E-state index in [9.17, 15) is 4.39 Å². The molecule has 29 heavy (non-hydrogen) atoms. The Morgan fingerprint density at radius 2 is 2.17 bits per heavy atom. The van der Waals surface area contributed by atoms with Crippen LogP contribution >= 0.6 is 11.3 Å². The Morgan fingerprint density at radius 3 is 2.79 bits per heavy atom. The highest BCUT2D eigenvalue weighted by Gasteiger charge is 2.20. The molecule has 158 valence electrons. The molecule has 2 N–H and O–H groups in total. The van der Waals surface area contributed by atoms with Crippen LogP contribution in [0, 0.1) is 5.82 Å². The van der Waals surface area contributed by atoms with Gasteiger partial charge >= 0.3 is 0 Å². The molecule has 8 heteroatoms. The standard InChI is InChI=1S/C21H30FN5OS/c1-4-17-12-24-20(29-17)13-25-21(23-2)26-16-7-9-27(10-8-16)14-15-5-6-19(28-3)18(22)11-15/h5-6,11-12,16H,4,7-10,13-14H2,1-3H3,(H2,23,25,26). The first-order valence-corrected chi connectivity index (χ1v) is 10.9. The van der Waals surface area contributed by atoms with Gasteiger partial charge < -0.3 is 15.4 Å². The minimum atomic E-state index is -0.303. The summed E-state index contributed by atoms with van der Waals surface area (Å²) < 4.78 is 18.9. The Bertz CT molecular complexity index is 817. The first kappa shape index (κ1) is 21.5. The van der Waals surface area contributed by atoms with Crippen molar-refractivity contribution in [1.82, 2.24) is 20.5 Å². The third-order valence-electron chi connectivity index (χ3n) is 5.13. The predicted molar refractivity (Wildman–Crippen MR) is 116 cm³/mol. The van der Waals surface area contributed by atoms with Crippen LogP contribution in [0.2, 0.25) is 0 Å². The number of thiazole rings is 1. The van der Waals surface area contributed by atoms with E-state index >= 15 is 0 Å². The van der Waals surface area contributed by atoms with E-state index in [1.165, 1.54) is 12.0 Å². The summed E-state index contributed by atoms with van der Waals surface area (Å²) in [7, 11) is 3.28. The zero-order valence-electron chi connectivity index (χ0n) is 17.4. The van der Waals surface area contributed by atoms with Gasteiger partial charge in [-0.1, -0.05) is 13.0 Å². The molecule has 0 unspecified atom stereocenters. The molecule has 1 saturated heterocycles. The van der Waals surface area contributed by atoms with Gasteiger partial charge in [-0.2, -0.15) is 0 Å². The fraction of sp³-hybridized carbons (Fsp3) is 0.524. The first-order chi connectivity index (χ1) is 14.1. The van der Waals surface area contributed by atoms with E-state index < -0.39 is 0 Å². The molecule has 0 spiro atoms. The van der Waals surface area contributed by atoms with Crippen molar-refractivity contribution in [3.8, 4) is 5.75 Å². The third-order valence-corrected chi connectivity index (χ3v) is 6.27. The summed E-state index contributed by atoms with van der Waals surface area (Å²) in [5.74, 6) is 0.802. The number of guanidine groups is 1. The molecular weight excluding hydrogens is 389 g/mol. The minimum Gasteiger partial charge on any atom is -0.494 e. The number of benzene rings is 1. The van der Waals surface area contributed by atoms with Crippen molar-refractivity contribution in [1.29, 1.82) is 0 Å². The SMILES string of the molecule is CCc1cnc(CNC(=NC)NC2CCN(Cc3ccc(OC)c(F)c3)CC2)s1. The van der Waals surface area contributed by atoms with Gasteiger partial charge in [0.05, 0.1) is 13.7 Å². The second kappa shape index (κ2) is 10.5. The van der Waals surface area contributed by atoms with Crippen LogP contribution in [0.4, 0.5) is 4.39 Å². The summed E-state index contributed by atoms with van der Waals surface area (Å²) in [6.45, 7) is 5.52. The van der Waals surface area contributed by atoms with E-state index in [2.05, 4.69) is 32.4 Å². The number of aromatic nitrogens is 1. The Hall–Kier alpha value is -2.19. The summed E-state index contributed by atoms with van der Waals surface area (Å²) in [6, 6.07) is 5.58. The maximum absolute atomic E-state index is 13.9. The molecule has 6 nitrogen and oxygen atoms in total. The Labute approximate surface area is 176 Å². The van der Waals surface area contributed by atoms with Crippen LogP contribution in [-0.4, -0.2) is 49.1 Å². The van der Waals surface area contributed by atoms with Crippen molar-refractivity contribution < 1.29 is 9.13 Å². The van der Waals surface area contributed by atoms with E-state index in [-0.39, 0.29) is 5.82 Å². The average molecular weight is 420 g/mol. The second-order valence-electron chi connectivity index (χ2n) is 7.16. The molecule has 1 aromatic carbocycles. The summed E-state index contributed by atoms with van der Waals surface area (Å²) in [5.41, 5.74) is 0.974. The number of hydrogen-bond donors (Lipinski definition) is 2. The minimum absolute atomic E-state index is 0.291. The summed E-state index contributed by atoms with van der Waals surface area (Å²) >= 11 is 1.74. The van der Waals surface area contributed by atoms with Crippen LogP contribution in [0.5, 0.6) is 5.75 Å². The number of methoxy groups -OCH3 is 1. The maximum Gasteiger partial charge on any atom is 0.191 e. The van der Waals surface area contributed by atoms with Gasteiger partial charge in [-0.15, -0.1) is 11.3 Å². The number of ether oxygens (including phenoxy) is 1. The van der Waals surface area contributed by atoms with E-state index in [0.717, 1.165) is 55.4 Å². The topological polar surface area (TPSA) is 61.8 Å². The van der Waals surface area contributed by atoms with Gasteiger partial charge in [-0.05, 0) is 37.0 Å². The molecule has 1 aliphatic heterocycles. The first-order valence-electron chi connectivity index (χ1n) is 10.1. The number of likely N-dealkylation sites (tertiary alicyclic amines) is 1. The number of aliphatic imine (C=N–C) groups is 1. The van der Waals surface area contributed by atoms with Gasteiger partial charge in [0.2, 0.25) is 0 Å². The monoisotopic (exact) mass is 419 g/mol. The van der Waals surface area contributed by atoms with Gasteiger partial charge in [-0.3, -0.25) is 9.89 Å². The molecule has 0 radical (unpaired) electrons. The number of nitrogens with zero attached hydrogens (tertiary/aromatic N) is 3. The summed E-state index contributed by atoms with van der Waals surface area (Å²) in [5, 5.41) is 7.95. The lowest BCUT2D eigenvalue weighted by Crippen LogP contribution is -2.48. The van der Waals surface area contributed by atoms with Gasteiger partial charge in [-0.25, -0.2) is 9.37 Å². The molecule has 2 heterocycles. The lowest BCUT2D eigenvalue weighted by Gasteiger charge is -2.33. The molecule has 0 atom stereocenters. The Balaban J connectivity index is 1.43. The fourth-order valence-electron chi connectivity index (χ4n) is 3.44. The van der Waals surface area contributed by atoms with Crippen LogP contribution in [-0.2, 0) is 19.5 Å². The highest BCUT2D eigenvalue weighted by atomic mass is 32.1. The zero-order chi connectivity index (χ0) is 20.6. The average Bonchev–Trinajstić information content (AvgIpc) is 3.20. The van der Waals surface area contributed by atoms with Crippen molar-refractivity contribution in [2.75, 3.05) is 27.2 Å². The Morgan fingerprint density at radius 1 is 1.38 bits per heavy atom. The number of aryl methyl sites for hydroxylation is 1. The predicted octanol–water partition coefficient (Wildman–Crippen LogP) is 3.18. The molecule has 0 saturated carbocycles. The van der Waals surface area contributed by atoms with Gasteiger partial charge in [0, 0.05) is 43.8 Å². The van der Waals surface area contributed by atoms with Crippen LogP contribution < -0.4 is 15.4 Å². The maximum atomic E-state index is 13.9. The zero-order valence-corrected chi connectivity index (χ0v) is 18.2. The molecule has 3 rings (SSSR count). The highest BCUT2D eigenvalue weighted by molar-refractivity contribution is 7.11. The number of piperidine rings is 1. The number of hydrogen-bond acceptors (Lipinski definition) is 5. The van der Waals surface area contributed by atoms with Crippen molar-refractivity contribution in [3.05, 3.63) is 45.7 Å². The normalized spacial score (nSPS) is 16.1. The fourth-order valence-corrected chi connectivity index (χ4v) is 4.24. The molecule has 1 aromatic heterocycles.